The van der Waals surface area contributed by atoms with Crippen molar-refractivity contribution in [2.45, 2.75) is 103 Å². The van der Waals surface area contributed by atoms with Crippen molar-refractivity contribution in [3.8, 4) is 0 Å². The first kappa shape index (κ1) is 25.7. The Morgan fingerprint density at radius 1 is 0.739 bits per heavy atom. The van der Waals surface area contributed by atoms with Crippen molar-refractivity contribution in [3.63, 3.8) is 0 Å². The molecule has 0 saturated carbocycles. The summed E-state index contributed by atoms with van der Waals surface area (Å²) in [4.78, 5) is 11.3. The molecule has 0 radical (unpaired) electrons. The third kappa shape index (κ3) is 22.4. The van der Waals surface area contributed by atoms with E-state index in [2.05, 4.69) is 6.92 Å². The number of unbranched alkanes of at least 4 members (excludes halogenated alkanes) is 12. The molecule has 1 N–H and O–H groups in total. The number of hydrogen-bond acceptors (Lipinski definition) is 3. The van der Waals surface area contributed by atoms with Crippen LogP contribution >= 0.6 is 0 Å². The first-order valence-corrected chi connectivity index (χ1v) is 9.57. The van der Waals surface area contributed by atoms with E-state index < -0.39 is 0 Å². The standard InChI is InChI=1S/C19H38O3.Na.H/c1-2-3-4-5-6-7-8-9-10-11-12-13-14-16-19(21)22-18-15-17-20;;/h20H,2-18H2,1H3;;. The molecular weight excluding hydrogens is 299 g/mol. The molecule has 0 spiro atoms. The number of carbonyl (C=O) groups is 1. The third-order valence-electron chi connectivity index (χ3n) is 4.05. The van der Waals surface area contributed by atoms with Crippen molar-refractivity contribution < 1.29 is 14.6 Å². The molecule has 0 aliphatic rings. The Hall–Kier alpha value is 0.430. The van der Waals surface area contributed by atoms with E-state index in [-0.39, 0.29) is 42.1 Å². The summed E-state index contributed by atoms with van der Waals surface area (Å²) in [6.07, 6.45) is 18.2. The van der Waals surface area contributed by atoms with Gasteiger partial charge in [0.05, 0.1) is 6.61 Å². The van der Waals surface area contributed by atoms with Crippen LogP contribution in [0.3, 0.4) is 0 Å². The molecule has 0 heterocycles. The van der Waals surface area contributed by atoms with E-state index >= 15 is 0 Å². The average Bonchev–Trinajstić information content (AvgIpc) is 2.52. The van der Waals surface area contributed by atoms with Gasteiger partial charge < -0.3 is 9.84 Å². The normalized spacial score (nSPS) is 10.3. The van der Waals surface area contributed by atoms with Crippen LogP contribution in [-0.2, 0) is 9.53 Å². The molecule has 0 aromatic carbocycles. The number of rotatable bonds is 17. The summed E-state index contributed by atoms with van der Waals surface area (Å²) >= 11 is 0. The van der Waals surface area contributed by atoms with Gasteiger partial charge in [0.15, 0.2) is 0 Å². The van der Waals surface area contributed by atoms with Crippen LogP contribution in [0.1, 0.15) is 103 Å². The molecule has 134 valence electrons. The minimum atomic E-state index is -0.114. The number of hydrogen-bond donors (Lipinski definition) is 1. The first-order valence-electron chi connectivity index (χ1n) is 9.57. The van der Waals surface area contributed by atoms with Gasteiger partial charge in [-0.25, -0.2) is 0 Å². The van der Waals surface area contributed by atoms with Crippen LogP contribution in [0, 0.1) is 0 Å². The van der Waals surface area contributed by atoms with E-state index in [0.717, 1.165) is 12.8 Å². The quantitative estimate of drug-likeness (QED) is 0.237. The van der Waals surface area contributed by atoms with Crippen LogP contribution in [0.5, 0.6) is 0 Å². The summed E-state index contributed by atoms with van der Waals surface area (Å²) in [7, 11) is 0. The Labute approximate surface area is 166 Å². The fraction of sp³-hybridized carbons (Fsp3) is 0.947. The fourth-order valence-corrected chi connectivity index (χ4v) is 2.61. The Morgan fingerprint density at radius 3 is 1.61 bits per heavy atom. The number of aliphatic hydroxyl groups is 1. The summed E-state index contributed by atoms with van der Waals surface area (Å²) in [5.41, 5.74) is 0. The van der Waals surface area contributed by atoms with Gasteiger partial charge >= 0.3 is 35.5 Å². The molecule has 0 fully saturated rings. The summed E-state index contributed by atoms with van der Waals surface area (Å²) in [6, 6.07) is 0. The van der Waals surface area contributed by atoms with Crippen LogP contribution in [0.4, 0.5) is 0 Å². The van der Waals surface area contributed by atoms with Gasteiger partial charge in [-0.1, -0.05) is 84.0 Å². The van der Waals surface area contributed by atoms with E-state index in [4.69, 9.17) is 9.84 Å². The van der Waals surface area contributed by atoms with E-state index in [0.29, 0.717) is 19.4 Å². The van der Waals surface area contributed by atoms with Crippen molar-refractivity contribution in [1.82, 2.24) is 0 Å². The molecule has 0 aliphatic heterocycles. The predicted molar refractivity (Wildman–Crippen MR) is 100 cm³/mol. The number of ether oxygens (including phenoxy) is 1. The Morgan fingerprint density at radius 2 is 1.17 bits per heavy atom. The van der Waals surface area contributed by atoms with Crippen LogP contribution in [-0.4, -0.2) is 53.8 Å². The molecule has 4 heteroatoms. The molecule has 0 aliphatic carbocycles. The SMILES string of the molecule is CCCCCCCCCCCCCCCC(=O)OCCCO.[NaH]. The van der Waals surface area contributed by atoms with E-state index in [9.17, 15) is 4.79 Å². The zero-order chi connectivity index (χ0) is 16.3. The molecule has 0 saturated heterocycles. The second-order valence-corrected chi connectivity index (χ2v) is 6.29. The zero-order valence-corrected chi connectivity index (χ0v) is 14.8. The van der Waals surface area contributed by atoms with Crippen LogP contribution in [0.2, 0.25) is 0 Å². The molecular formula is C19H39NaO3. The maximum atomic E-state index is 11.3. The van der Waals surface area contributed by atoms with Gasteiger partial charge in [-0.05, 0) is 6.42 Å². The number of esters is 1. The van der Waals surface area contributed by atoms with Crippen LogP contribution < -0.4 is 0 Å². The molecule has 0 unspecified atom stereocenters. The van der Waals surface area contributed by atoms with Crippen LogP contribution in [0.25, 0.3) is 0 Å². The molecule has 0 amide bonds. The van der Waals surface area contributed by atoms with E-state index in [1.54, 1.807) is 0 Å². The second kappa shape index (κ2) is 22.4. The summed E-state index contributed by atoms with van der Waals surface area (Å²) < 4.78 is 4.99. The molecule has 0 atom stereocenters. The summed E-state index contributed by atoms with van der Waals surface area (Å²) in [5.74, 6) is -0.114. The number of carbonyl (C=O) groups excluding carboxylic acids is 1. The zero-order valence-electron chi connectivity index (χ0n) is 14.8. The second-order valence-electron chi connectivity index (χ2n) is 6.29. The van der Waals surface area contributed by atoms with E-state index in [1.807, 2.05) is 0 Å². The maximum absolute atomic E-state index is 11.3. The molecule has 3 nitrogen and oxygen atoms in total. The summed E-state index contributed by atoms with van der Waals surface area (Å²) in [6.45, 7) is 2.71. The van der Waals surface area contributed by atoms with E-state index in [1.165, 1.54) is 70.6 Å². The van der Waals surface area contributed by atoms with Gasteiger partial charge in [0, 0.05) is 19.4 Å². The Balaban J connectivity index is 0. The fourth-order valence-electron chi connectivity index (χ4n) is 2.61. The first-order chi connectivity index (χ1) is 10.8. The van der Waals surface area contributed by atoms with Gasteiger partial charge in [-0.15, -0.1) is 0 Å². The van der Waals surface area contributed by atoms with Gasteiger partial charge in [-0.2, -0.15) is 0 Å². The molecule has 0 bridgehead atoms. The van der Waals surface area contributed by atoms with Crippen molar-refractivity contribution in [1.29, 1.82) is 0 Å². The van der Waals surface area contributed by atoms with Crippen molar-refractivity contribution in [2.24, 2.45) is 0 Å². The Bertz CT molecular complexity index is 235. The molecule has 0 rings (SSSR count). The average molecular weight is 339 g/mol. The molecule has 0 aromatic rings. The van der Waals surface area contributed by atoms with Gasteiger partial charge in [-0.3, -0.25) is 4.79 Å². The monoisotopic (exact) mass is 338 g/mol. The third-order valence-corrected chi connectivity index (χ3v) is 4.05. The van der Waals surface area contributed by atoms with Crippen molar-refractivity contribution >= 4 is 35.5 Å². The van der Waals surface area contributed by atoms with Gasteiger partial charge in [0.2, 0.25) is 0 Å². The van der Waals surface area contributed by atoms with Gasteiger partial charge in [0.1, 0.15) is 0 Å². The molecule has 0 aromatic heterocycles. The van der Waals surface area contributed by atoms with Crippen LogP contribution in [0.15, 0.2) is 0 Å². The number of aliphatic hydroxyl groups excluding tert-OH is 1. The van der Waals surface area contributed by atoms with Crippen molar-refractivity contribution in [3.05, 3.63) is 0 Å². The van der Waals surface area contributed by atoms with Gasteiger partial charge in [0.25, 0.3) is 0 Å². The topological polar surface area (TPSA) is 46.5 Å². The minimum absolute atomic E-state index is 0. The molecule has 23 heavy (non-hydrogen) atoms. The Kier molecular flexibility index (Phi) is 25.0. The predicted octanol–water partition coefficient (Wildman–Crippen LogP) is 4.74. The summed E-state index contributed by atoms with van der Waals surface area (Å²) in [5, 5.41) is 8.59. The van der Waals surface area contributed by atoms with Crippen molar-refractivity contribution in [2.75, 3.05) is 13.2 Å².